The first-order valence-electron chi connectivity index (χ1n) is 5.84. The fourth-order valence-corrected chi connectivity index (χ4v) is 1.62. The largest absolute Gasteiger partial charge is 0.410 e. The van der Waals surface area contributed by atoms with Crippen LogP contribution in [0.3, 0.4) is 0 Å². The Morgan fingerprint density at radius 2 is 1.59 bits per heavy atom. The van der Waals surface area contributed by atoms with E-state index in [1.165, 1.54) is 4.90 Å². The average Bonchev–Trinajstić information content (AvgIpc) is 2.26. The van der Waals surface area contributed by atoms with Crippen LogP contribution in [0.25, 0.3) is 0 Å². The minimum absolute atomic E-state index is 0.396. The predicted octanol–water partition coefficient (Wildman–Crippen LogP) is 3.74. The van der Waals surface area contributed by atoms with Gasteiger partial charge in [-0.3, -0.25) is 4.79 Å². The van der Waals surface area contributed by atoms with E-state index in [4.69, 9.17) is 0 Å². The number of rotatable bonds is 7. The number of halogens is 4. The van der Waals surface area contributed by atoms with Crippen molar-refractivity contribution in [2.75, 3.05) is 13.1 Å². The van der Waals surface area contributed by atoms with Gasteiger partial charge in [0.25, 0.3) is 0 Å². The lowest BCUT2D eigenvalue weighted by molar-refractivity contribution is -0.157. The van der Waals surface area contributed by atoms with Crippen molar-refractivity contribution in [2.24, 2.45) is 0 Å². The summed E-state index contributed by atoms with van der Waals surface area (Å²) < 4.78 is 37.2. The second-order valence-corrected chi connectivity index (χ2v) is 4.85. The van der Waals surface area contributed by atoms with E-state index in [0.29, 0.717) is 13.1 Å². The van der Waals surface area contributed by atoms with Gasteiger partial charge >= 0.3 is 6.18 Å². The molecule has 1 amide bonds. The van der Waals surface area contributed by atoms with Crippen molar-refractivity contribution < 1.29 is 18.0 Å². The molecule has 0 radical (unpaired) electrons. The molecule has 0 saturated carbocycles. The van der Waals surface area contributed by atoms with Crippen LogP contribution in [0.15, 0.2) is 0 Å². The van der Waals surface area contributed by atoms with E-state index >= 15 is 0 Å². The zero-order chi connectivity index (χ0) is 13.5. The highest BCUT2D eigenvalue weighted by molar-refractivity contribution is 9.10. The van der Waals surface area contributed by atoms with Gasteiger partial charge in [-0.25, -0.2) is 0 Å². The number of amides is 1. The Morgan fingerprint density at radius 1 is 1.18 bits per heavy atom. The molecule has 0 saturated heterocycles. The van der Waals surface area contributed by atoms with E-state index in [-0.39, 0.29) is 0 Å². The third kappa shape index (κ3) is 6.29. The van der Waals surface area contributed by atoms with E-state index in [9.17, 15) is 18.0 Å². The molecule has 0 spiro atoms. The normalized spacial score (nSPS) is 13.5. The smallest absolute Gasteiger partial charge is 0.341 e. The van der Waals surface area contributed by atoms with E-state index in [1.807, 2.05) is 13.8 Å². The topological polar surface area (TPSA) is 20.3 Å². The molecular weight excluding hydrogens is 299 g/mol. The Labute approximate surface area is 109 Å². The summed E-state index contributed by atoms with van der Waals surface area (Å²) in [5, 5.41) is 0. The molecule has 0 N–H and O–H groups in total. The summed E-state index contributed by atoms with van der Waals surface area (Å²) in [5.41, 5.74) is 0. The maximum atomic E-state index is 12.4. The van der Waals surface area contributed by atoms with Gasteiger partial charge in [0.1, 0.15) is 0 Å². The van der Waals surface area contributed by atoms with Crippen LogP contribution in [0.2, 0.25) is 0 Å². The Hall–Kier alpha value is -0.260. The summed E-state index contributed by atoms with van der Waals surface area (Å²) in [5.74, 6) is -0.876. The van der Waals surface area contributed by atoms with Gasteiger partial charge in [0.15, 0.2) is 4.83 Å². The standard InChI is InChI=1S/C11H19BrF3NO/c1-3-5-7-16(8-6-4-2)10(17)9(12)11(13,14)15/h9H,3-8H2,1-2H3. The molecule has 0 aliphatic rings. The minimum atomic E-state index is -4.52. The van der Waals surface area contributed by atoms with Gasteiger partial charge in [-0.2, -0.15) is 13.2 Å². The molecule has 0 rings (SSSR count). The molecule has 17 heavy (non-hydrogen) atoms. The highest BCUT2D eigenvalue weighted by Gasteiger charge is 2.44. The Bertz CT molecular complexity index is 225. The fourth-order valence-electron chi connectivity index (χ4n) is 1.33. The number of carbonyl (C=O) groups is 1. The highest BCUT2D eigenvalue weighted by atomic mass is 79.9. The second-order valence-electron chi connectivity index (χ2n) is 3.94. The van der Waals surface area contributed by atoms with Gasteiger partial charge < -0.3 is 4.90 Å². The summed E-state index contributed by atoms with van der Waals surface area (Å²) >= 11 is 2.43. The molecule has 0 aliphatic carbocycles. The van der Waals surface area contributed by atoms with Crippen LogP contribution in [-0.4, -0.2) is 34.9 Å². The lowest BCUT2D eigenvalue weighted by Gasteiger charge is -2.25. The van der Waals surface area contributed by atoms with Gasteiger partial charge in [-0.05, 0) is 12.8 Å². The SMILES string of the molecule is CCCCN(CCCC)C(=O)C(Br)C(F)(F)F. The van der Waals surface area contributed by atoms with Crippen molar-refractivity contribution in [1.82, 2.24) is 4.90 Å². The maximum absolute atomic E-state index is 12.4. The lowest BCUT2D eigenvalue weighted by Crippen LogP contribution is -2.44. The number of carbonyl (C=O) groups excluding carboxylic acids is 1. The summed E-state index contributed by atoms with van der Waals surface area (Å²) in [6.45, 7) is 4.68. The van der Waals surface area contributed by atoms with Crippen LogP contribution in [0, 0.1) is 0 Å². The number of hydrogen-bond acceptors (Lipinski definition) is 1. The average molecular weight is 318 g/mol. The molecule has 1 atom stereocenters. The number of hydrogen-bond donors (Lipinski definition) is 0. The summed E-state index contributed by atoms with van der Waals surface area (Å²) in [4.78, 5) is 10.9. The Balaban J connectivity index is 4.50. The summed E-state index contributed by atoms with van der Waals surface area (Å²) in [7, 11) is 0. The van der Waals surface area contributed by atoms with E-state index in [2.05, 4.69) is 15.9 Å². The van der Waals surface area contributed by atoms with Crippen molar-refractivity contribution >= 4 is 21.8 Å². The molecule has 2 nitrogen and oxygen atoms in total. The number of unbranched alkanes of at least 4 members (excludes halogenated alkanes) is 2. The zero-order valence-corrected chi connectivity index (χ0v) is 11.8. The van der Waals surface area contributed by atoms with Crippen molar-refractivity contribution in [1.29, 1.82) is 0 Å². The van der Waals surface area contributed by atoms with Gasteiger partial charge in [0.05, 0.1) is 0 Å². The molecular formula is C11H19BrF3NO. The van der Waals surface area contributed by atoms with Crippen molar-refractivity contribution in [3.63, 3.8) is 0 Å². The van der Waals surface area contributed by atoms with Crippen LogP contribution in [-0.2, 0) is 4.79 Å². The molecule has 1 unspecified atom stereocenters. The fraction of sp³-hybridized carbons (Fsp3) is 0.909. The first-order valence-corrected chi connectivity index (χ1v) is 6.75. The predicted molar refractivity (Wildman–Crippen MR) is 65.2 cm³/mol. The summed E-state index contributed by atoms with van der Waals surface area (Å²) in [6.07, 6.45) is -1.35. The van der Waals surface area contributed by atoms with E-state index in [1.54, 1.807) is 0 Å². The summed E-state index contributed by atoms with van der Waals surface area (Å²) in [6, 6.07) is 0. The van der Waals surface area contributed by atoms with Crippen LogP contribution >= 0.6 is 15.9 Å². The first kappa shape index (κ1) is 16.7. The minimum Gasteiger partial charge on any atom is -0.341 e. The molecule has 0 aromatic carbocycles. The van der Waals surface area contributed by atoms with Gasteiger partial charge in [-0.15, -0.1) is 0 Å². The molecule has 6 heteroatoms. The number of alkyl halides is 4. The van der Waals surface area contributed by atoms with Crippen molar-refractivity contribution in [3.8, 4) is 0 Å². The third-order valence-electron chi connectivity index (χ3n) is 2.38. The van der Waals surface area contributed by atoms with Gasteiger partial charge in [-0.1, -0.05) is 42.6 Å². The molecule has 102 valence electrons. The lowest BCUT2D eigenvalue weighted by atomic mass is 10.2. The highest BCUT2D eigenvalue weighted by Crippen LogP contribution is 2.28. The molecule has 0 bridgehead atoms. The second kappa shape index (κ2) is 7.95. The monoisotopic (exact) mass is 317 g/mol. The first-order chi connectivity index (χ1) is 7.84. The van der Waals surface area contributed by atoms with Crippen LogP contribution in [0.5, 0.6) is 0 Å². The Kier molecular flexibility index (Phi) is 7.83. The molecule has 0 heterocycles. The zero-order valence-electron chi connectivity index (χ0n) is 10.2. The third-order valence-corrected chi connectivity index (χ3v) is 3.29. The quantitative estimate of drug-likeness (QED) is 0.655. The molecule has 0 aromatic heterocycles. The van der Waals surface area contributed by atoms with Crippen LogP contribution in [0.1, 0.15) is 39.5 Å². The van der Waals surface area contributed by atoms with E-state index < -0.39 is 16.9 Å². The molecule has 0 aromatic rings. The molecule has 0 aliphatic heterocycles. The maximum Gasteiger partial charge on any atom is 0.410 e. The van der Waals surface area contributed by atoms with E-state index in [0.717, 1.165) is 25.7 Å². The van der Waals surface area contributed by atoms with Gasteiger partial charge in [0.2, 0.25) is 5.91 Å². The van der Waals surface area contributed by atoms with Gasteiger partial charge in [0, 0.05) is 13.1 Å². The van der Waals surface area contributed by atoms with Crippen molar-refractivity contribution in [3.05, 3.63) is 0 Å². The Morgan fingerprint density at radius 3 is 1.88 bits per heavy atom. The molecule has 0 fully saturated rings. The number of nitrogens with zero attached hydrogens (tertiary/aromatic N) is 1. The van der Waals surface area contributed by atoms with Crippen LogP contribution in [0.4, 0.5) is 13.2 Å². The van der Waals surface area contributed by atoms with Crippen LogP contribution < -0.4 is 0 Å². The van der Waals surface area contributed by atoms with Crippen molar-refractivity contribution in [2.45, 2.75) is 50.5 Å².